The van der Waals surface area contributed by atoms with Crippen LogP contribution in [0.25, 0.3) is 11.1 Å². The van der Waals surface area contributed by atoms with Crippen molar-refractivity contribution in [2.45, 2.75) is 19.8 Å². The van der Waals surface area contributed by atoms with E-state index in [1.54, 1.807) is 31.4 Å². The maximum atomic E-state index is 11.1. The van der Waals surface area contributed by atoms with Gasteiger partial charge in [-0.15, -0.1) is 0 Å². The second-order valence-corrected chi connectivity index (χ2v) is 5.54. The first-order valence-corrected chi connectivity index (χ1v) is 6.93. The van der Waals surface area contributed by atoms with Crippen LogP contribution >= 0.6 is 11.6 Å². The molecular weight excluding hydrogens is 290 g/mol. The summed E-state index contributed by atoms with van der Waals surface area (Å²) in [6.45, 7) is 4.00. The van der Waals surface area contributed by atoms with E-state index >= 15 is 0 Å². The van der Waals surface area contributed by atoms with Crippen molar-refractivity contribution < 1.29 is 9.66 Å². The van der Waals surface area contributed by atoms with Gasteiger partial charge < -0.3 is 4.74 Å². The number of non-ortho nitro benzene ring substituents is 1. The van der Waals surface area contributed by atoms with E-state index in [4.69, 9.17) is 16.3 Å². The second kappa shape index (κ2) is 6.14. The van der Waals surface area contributed by atoms with Crippen molar-refractivity contribution in [3.63, 3.8) is 0 Å². The number of nitrogens with zero attached hydrogens (tertiary/aromatic N) is 1. The van der Waals surface area contributed by atoms with Gasteiger partial charge in [-0.2, -0.15) is 0 Å². The van der Waals surface area contributed by atoms with Gasteiger partial charge in [0, 0.05) is 17.2 Å². The van der Waals surface area contributed by atoms with E-state index < -0.39 is 0 Å². The molecule has 0 aliphatic rings. The molecule has 0 atom stereocenters. The van der Waals surface area contributed by atoms with Crippen LogP contribution in [-0.4, -0.2) is 12.0 Å². The molecule has 0 radical (unpaired) electrons. The number of methoxy groups -OCH3 is 1. The van der Waals surface area contributed by atoms with E-state index in [1.165, 1.54) is 0 Å². The third-order valence-corrected chi connectivity index (χ3v) is 3.48. The van der Waals surface area contributed by atoms with Crippen LogP contribution in [0.15, 0.2) is 36.4 Å². The maximum Gasteiger partial charge on any atom is 0.270 e. The lowest BCUT2D eigenvalue weighted by Gasteiger charge is -2.10. The van der Waals surface area contributed by atoms with Gasteiger partial charge in [0.1, 0.15) is 5.75 Å². The number of benzene rings is 2. The van der Waals surface area contributed by atoms with Gasteiger partial charge in [0.2, 0.25) is 0 Å². The maximum absolute atomic E-state index is 11.1. The monoisotopic (exact) mass is 305 g/mol. The highest BCUT2D eigenvalue weighted by Gasteiger charge is 2.13. The molecule has 0 bridgehead atoms. The molecule has 0 N–H and O–H groups in total. The van der Waals surface area contributed by atoms with Gasteiger partial charge in [-0.05, 0) is 40.8 Å². The summed E-state index contributed by atoms with van der Waals surface area (Å²) in [4.78, 5) is 10.7. The zero-order chi connectivity index (χ0) is 15.6. The Bertz CT molecular complexity index is 683. The van der Waals surface area contributed by atoms with Crippen molar-refractivity contribution in [2.24, 2.45) is 0 Å². The topological polar surface area (TPSA) is 52.4 Å². The molecule has 110 valence electrons. The van der Waals surface area contributed by atoms with Crippen molar-refractivity contribution in [1.82, 2.24) is 0 Å². The van der Waals surface area contributed by atoms with Gasteiger partial charge in [0.15, 0.2) is 0 Å². The largest absolute Gasteiger partial charge is 0.497 e. The summed E-state index contributed by atoms with van der Waals surface area (Å²) in [5, 5.41) is 11.6. The van der Waals surface area contributed by atoms with Gasteiger partial charge in [-0.1, -0.05) is 31.5 Å². The van der Waals surface area contributed by atoms with Gasteiger partial charge in [0.25, 0.3) is 5.69 Å². The Labute approximate surface area is 128 Å². The Morgan fingerprint density at radius 2 is 1.76 bits per heavy atom. The van der Waals surface area contributed by atoms with Gasteiger partial charge in [0.05, 0.1) is 12.0 Å². The Hall–Kier alpha value is -2.07. The number of nitro benzene ring substituents is 1. The lowest BCUT2D eigenvalue weighted by Crippen LogP contribution is -1.94. The molecule has 0 aromatic heterocycles. The number of nitro groups is 1. The van der Waals surface area contributed by atoms with Crippen molar-refractivity contribution in [3.8, 4) is 16.9 Å². The number of rotatable bonds is 4. The molecule has 0 spiro atoms. The molecule has 0 heterocycles. The molecular formula is C16H16ClNO3. The lowest BCUT2D eigenvalue weighted by atomic mass is 9.96. The van der Waals surface area contributed by atoms with Crippen molar-refractivity contribution in [2.75, 3.05) is 7.11 Å². The quantitative estimate of drug-likeness (QED) is 0.587. The minimum atomic E-state index is -0.378. The average Bonchev–Trinajstić information content (AvgIpc) is 2.45. The fraction of sp³-hybridized carbons (Fsp3) is 0.250. The number of halogens is 1. The van der Waals surface area contributed by atoms with Crippen LogP contribution in [0.5, 0.6) is 5.75 Å². The molecule has 5 heteroatoms. The van der Waals surface area contributed by atoms with Gasteiger partial charge in [-0.25, -0.2) is 0 Å². The minimum absolute atomic E-state index is 0.0788. The summed E-state index contributed by atoms with van der Waals surface area (Å²) >= 11 is 6.07. The van der Waals surface area contributed by atoms with Crippen LogP contribution < -0.4 is 4.74 Å². The summed E-state index contributed by atoms with van der Waals surface area (Å²) in [5.74, 6) is 0.819. The summed E-state index contributed by atoms with van der Waals surface area (Å²) in [6, 6.07) is 10.4. The highest BCUT2D eigenvalue weighted by atomic mass is 35.5. The Kier molecular flexibility index (Phi) is 4.48. The third kappa shape index (κ3) is 3.52. The van der Waals surface area contributed by atoms with Crippen LogP contribution in [0.1, 0.15) is 25.3 Å². The Morgan fingerprint density at radius 3 is 2.33 bits per heavy atom. The van der Waals surface area contributed by atoms with E-state index in [1.807, 2.05) is 26.0 Å². The highest BCUT2D eigenvalue weighted by Crippen LogP contribution is 2.33. The first-order chi connectivity index (χ1) is 9.90. The van der Waals surface area contributed by atoms with Crippen LogP contribution in [0.3, 0.4) is 0 Å². The molecule has 0 aliphatic heterocycles. The third-order valence-electron chi connectivity index (χ3n) is 3.26. The molecule has 2 rings (SSSR count). The molecule has 0 saturated heterocycles. The smallest absolute Gasteiger partial charge is 0.270 e. The zero-order valence-electron chi connectivity index (χ0n) is 12.1. The summed E-state index contributed by atoms with van der Waals surface area (Å²) < 4.78 is 5.19. The molecule has 0 saturated carbocycles. The predicted octanol–water partition coefficient (Wildman–Crippen LogP) is 5.05. The first kappa shape index (κ1) is 15.3. The second-order valence-electron chi connectivity index (χ2n) is 5.10. The normalized spacial score (nSPS) is 10.7. The number of hydrogen-bond acceptors (Lipinski definition) is 3. The molecule has 4 nitrogen and oxygen atoms in total. The fourth-order valence-electron chi connectivity index (χ4n) is 2.09. The van der Waals surface area contributed by atoms with Crippen molar-refractivity contribution in [3.05, 3.63) is 57.1 Å². The molecule has 2 aromatic carbocycles. The van der Waals surface area contributed by atoms with E-state index in [-0.39, 0.29) is 16.5 Å². The zero-order valence-corrected chi connectivity index (χ0v) is 12.8. The van der Waals surface area contributed by atoms with Crippen LogP contribution in [0, 0.1) is 10.1 Å². The van der Waals surface area contributed by atoms with E-state index in [2.05, 4.69) is 0 Å². The lowest BCUT2D eigenvalue weighted by molar-refractivity contribution is -0.384. The Morgan fingerprint density at radius 1 is 1.10 bits per heavy atom. The number of ether oxygens (including phenoxy) is 1. The highest BCUT2D eigenvalue weighted by molar-refractivity contribution is 6.31. The number of hydrogen-bond donors (Lipinski definition) is 0. The summed E-state index contributed by atoms with van der Waals surface area (Å²) in [5.41, 5.74) is 2.55. The van der Waals surface area contributed by atoms with Gasteiger partial charge in [-0.3, -0.25) is 10.1 Å². The van der Waals surface area contributed by atoms with Gasteiger partial charge >= 0.3 is 0 Å². The predicted molar refractivity (Wildman–Crippen MR) is 84.2 cm³/mol. The van der Waals surface area contributed by atoms with E-state index in [0.717, 1.165) is 16.7 Å². The molecule has 0 unspecified atom stereocenters. The molecule has 0 aliphatic carbocycles. The molecule has 0 amide bonds. The molecule has 0 fully saturated rings. The molecule has 2 aromatic rings. The summed E-state index contributed by atoms with van der Waals surface area (Å²) in [7, 11) is 1.56. The van der Waals surface area contributed by atoms with Crippen LogP contribution in [-0.2, 0) is 0 Å². The SMILES string of the molecule is COc1cc(Cl)cc(-c2cc(C(C)C)cc([N+](=O)[O-])c2)c1. The average molecular weight is 306 g/mol. The fourth-order valence-corrected chi connectivity index (χ4v) is 2.31. The van der Waals surface area contributed by atoms with Crippen LogP contribution in [0.4, 0.5) is 5.69 Å². The van der Waals surface area contributed by atoms with Crippen molar-refractivity contribution in [1.29, 1.82) is 0 Å². The summed E-state index contributed by atoms with van der Waals surface area (Å²) in [6.07, 6.45) is 0. The van der Waals surface area contributed by atoms with Crippen LogP contribution in [0.2, 0.25) is 5.02 Å². The van der Waals surface area contributed by atoms with Crippen molar-refractivity contribution >= 4 is 17.3 Å². The minimum Gasteiger partial charge on any atom is -0.497 e. The molecule has 21 heavy (non-hydrogen) atoms. The Balaban J connectivity index is 2.62. The van der Waals surface area contributed by atoms with E-state index in [9.17, 15) is 10.1 Å². The van der Waals surface area contributed by atoms with E-state index in [0.29, 0.717) is 10.8 Å². The standard InChI is InChI=1S/C16H16ClNO3/c1-10(2)11-4-12(7-15(6-11)18(19)20)13-5-14(17)9-16(8-13)21-3/h4-10H,1-3H3. The first-order valence-electron chi connectivity index (χ1n) is 6.55.